The largest absolute Gasteiger partial charge is 0.354 e. The van der Waals surface area contributed by atoms with E-state index in [4.69, 9.17) is 0 Å². The number of likely N-dealkylation sites (tertiary alicyclic amines) is 1. The second-order valence-electron chi connectivity index (χ2n) is 8.52. The summed E-state index contributed by atoms with van der Waals surface area (Å²) < 4.78 is 15.2. The van der Waals surface area contributed by atoms with Crippen molar-refractivity contribution in [2.75, 3.05) is 31.1 Å². The van der Waals surface area contributed by atoms with E-state index in [1.54, 1.807) is 17.5 Å². The lowest BCUT2D eigenvalue weighted by Gasteiger charge is -2.22. The van der Waals surface area contributed by atoms with Gasteiger partial charge in [-0.3, -0.25) is 4.79 Å². The van der Waals surface area contributed by atoms with Gasteiger partial charge in [0.15, 0.2) is 11.5 Å². The van der Waals surface area contributed by atoms with Gasteiger partial charge in [-0.15, -0.1) is 15.3 Å². The predicted octanol–water partition coefficient (Wildman–Crippen LogP) is 2.41. The lowest BCUT2D eigenvalue weighted by Crippen LogP contribution is -2.33. The van der Waals surface area contributed by atoms with Gasteiger partial charge in [0.05, 0.1) is 0 Å². The first-order valence-corrected chi connectivity index (χ1v) is 10.4. The fraction of sp³-hybridized carbons (Fsp3) is 0.455. The van der Waals surface area contributed by atoms with Crippen molar-refractivity contribution in [2.24, 2.45) is 11.8 Å². The van der Waals surface area contributed by atoms with Crippen LogP contribution in [-0.2, 0) is 11.2 Å². The number of aromatic nitrogens is 4. The van der Waals surface area contributed by atoms with Crippen LogP contribution in [0.4, 0.5) is 10.2 Å². The van der Waals surface area contributed by atoms with Gasteiger partial charge in [-0.1, -0.05) is 12.1 Å². The standard InChI is InChI=1S/C22H25FN6O/c1-14-9-16(3-5-19(14)23)4-8-22(30)28-12-17-10-27(11-18(17)13-28)21-7-6-20-25-24-15(2)29(20)26-21/h3,5-7,9,17-18H,4,8,10-13H2,1-2H3. The number of fused-ring (bicyclic) bond motifs is 2. The van der Waals surface area contributed by atoms with E-state index in [-0.39, 0.29) is 11.7 Å². The third kappa shape index (κ3) is 3.40. The molecule has 2 aromatic heterocycles. The molecule has 0 spiro atoms. The Labute approximate surface area is 174 Å². The summed E-state index contributed by atoms with van der Waals surface area (Å²) in [5.74, 6) is 2.65. The van der Waals surface area contributed by atoms with E-state index in [2.05, 4.69) is 20.2 Å². The van der Waals surface area contributed by atoms with Crippen molar-refractivity contribution in [3.05, 3.63) is 53.1 Å². The summed E-state index contributed by atoms with van der Waals surface area (Å²) in [5, 5.41) is 12.8. The first kappa shape index (κ1) is 19.0. The van der Waals surface area contributed by atoms with Crippen LogP contribution in [0, 0.1) is 31.5 Å². The maximum Gasteiger partial charge on any atom is 0.222 e. The van der Waals surface area contributed by atoms with Gasteiger partial charge in [0.2, 0.25) is 5.91 Å². The van der Waals surface area contributed by atoms with Crippen molar-refractivity contribution < 1.29 is 9.18 Å². The average molecular weight is 408 g/mol. The average Bonchev–Trinajstić information content (AvgIpc) is 3.42. The van der Waals surface area contributed by atoms with Gasteiger partial charge in [-0.25, -0.2) is 4.39 Å². The summed E-state index contributed by atoms with van der Waals surface area (Å²) in [6.45, 7) is 7.07. The number of aryl methyl sites for hydroxylation is 3. The molecular formula is C22H25FN6O. The SMILES string of the molecule is Cc1cc(CCC(=O)N2CC3CN(c4ccc5nnc(C)n5n4)CC3C2)ccc1F. The number of nitrogens with zero attached hydrogens (tertiary/aromatic N) is 6. The van der Waals surface area contributed by atoms with Crippen molar-refractivity contribution in [1.29, 1.82) is 0 Å². The highest BCUT2D eigenvalue weighted by molar-refractivity contribution is 5.77. The molecule has 4 heterocycles. The van der Waals surface area contributed by atoms with E-state index < -0.39 is 0 Å². The Morgan fingerprint density at radius 3 is 2.57 bits per heavy atom. The van der Waals surface area contributed by atoms with Crippen molar-refractivity contribution in [2.45, 2.75) is 26.7 Å². The summed E-state index contributed by atoms with van der Waals surface area (Å²) >= 11 is 0. The lowest BCUT2D eigenvalue weighted by atomic mass is 10.0. The lowest BCUT2D eigenvalue weighted by molar-refractivity contribution is -0.130. The van der Waals surface area contributed by atoms with Gasteiger partial charge >= 0.3 is 0 Å². The Morgan fingerprint density at radius 1 is 1.07 bits per heavy atom. The number of amides is 1. The van der Waals surface area contributed by atoms with Gasteiger partial charge in [-0.2, -0.15) is 4.52 Å². The number of hydrogen-bond donors (Lipinski definition) is 0. The highest BCUT2D eigenvalue weighted by Gasteiger charge is 2.41. The smallest absolute Gasteiger partial charge is 0.222 e. The van der Waals surface area contributed by atoms with Crippen LogP contribution in [0.2, 0.25) is 0 Å². The summed E-state index contributed by atoms with van der Waals surface area (Å²) in [5.41, 5.74) is 2.39. The Balaban J connectivity index is 1.18. The van der Waals surface area contributed by atoms with Gasteiger partial charge < -0.3 is 9.80 Å². The van der Waals surface area contributed by atoms with Crippen LogP contribution in [-0.4, -0.2) is 56.8 Å². The van der Waals surface area contributed by atoms with Gasteiger partial charge in [0.25, 0.3) is 0 Å². The second-order valence-corrected chi connectivity index (χ2v) is 8.52. The van der Waals surface area contributed by atoms with Crippen molar-refractivity contribution in [3.8, 4) is 0 Å². The number of halogens is 1. The van der Waals surface area contributed by atoms with E-state index in [0.29, 0.717) is 30.2 Å². The number of carbonyl (C=O) groups is 1. The summed E-state index contributed by atoms with van der Waals surface area (Å²) in [6, 6.07) is 9.03. The molecule has 2 aliphatic rings. The van der Waals surface area contributed by atoms with E-state index in [9.17, 15) is 9.18 Å². The summed E-state index contributed by atoms with van der Waals surface area (Å²) in [4.78, 5) is 17.0. The van der Waals surface area contributed by atoms with E-state index in [1.807, 2.05) is 30.0 Å². The predicted molar refractivity (Wildman–Crippen MR) is 111 cm³/mol. The minimum absolute atomic E-state index is 0.192. The Bertz CT molecular complexity index is 1100. The molecule has 0 bridgehead atoms. The van der Waals surface area contributed by atoms with E-state index in [1.165, 1.54) is 6.07 Å². The van der Waals surface area contributed by atoms with Gasteiger partial charge in [-0.05, 0) is 49.6 Å². The fourth-order valence-electron chi connectivity index (χ4n) is 4.71. The topological polar surface area (TPSA) is 66.6 Å². The molecule has 1 aromatic carbocycles. The number of rotatable bonds is 4. The van der Waals surface area contributed by atoms with Crippen molar-refractivity contribution in [1.82, 2.24) is 24.7 Å². The van der Waals surface area contributed by atoms with Crippen LogP contribution in [0.25, 0.3) is 5.65 Å². The van der Waals surface area contributed by atoms with Crippen molar-refractivity contribution in [3.63, 3.8) is 0 Å². The zero-order valence-electron chi connectivity index (χ0n) is 17.3. The molecular weight excluding hydrogens is 383 g/mol. The zero-order valence-corrected chi connectivity index (χ0v) is 17.3. The first-order valence-electron chi connectivity index (χ1n) is 10.4. The zero-order chi connectivity index (χ0) is 20.8. The molecule has 2 saturated heterocycles. The van der Waals surface area contributed by atoms with Crippen LogP contribution in [0.1, 0.15) is 23.4 Å². The number of benzene rings is 1. The Morgan fingerprint density at radius 2 is 1.83 bits per heavy atom. The number of carbonyl (C=O) groups excluding carboxylic acids is 1. The molecule has 1 amide bonds. The van der Waals surface area contributed by atoms with Crippen LogP contribution >= 0.6 is 0 Å². The summed E-state index contributed by atoms with van der Waals surface area (Å²) in [6.07, 6.45) is 1.12. The molecule has 0 saturated carbocycles. The molecule has 156 valence electrons. The summed E-state index contributed by atoms with van der Waals surface area (Å²) in [7, 11) is 0. The molecule has 2 unspecified atom stereocenters. The molecule has 2 aliphatic heterocycles. The highest BCUT2D eigenvalue weighted by Crippen LogP contribution is 2.33. The molecule has 5 rings (SSSR count). The molecule has 0 N–H and O–H groups in total. The maximum atomic E-state index is 13.4. The van der Waals surface area contributed by atoms with E-state index in [0.717, 1.165) is 49.0 Å². The highest BCUT2D eigenvalue weighted by atomic mass is 19.1. The van der Waals surface area contributed by atoms with Gasteiger partial charge in [0.1, 0.15) is 11.6 Å². The molecule has 2 fully saturated rings. The molecule has 0 aliphatic carbocycles. The number of hydrogen-bond acceptors (Lipinski definition) is 5. The fourth-order valence-corrected chi connectivity index (χ4v) is 4.71. The van der Waals surface area contributed by atoms with Crippen LogP contribution < -0.4 is 4.90 Å². The molecule has 0 radical (unpaired) electrons. The minimum atomic E-state index is -0.199. The first-order chi connectivity index (χ1) is 14.5. The van der Waals surface area contributed by atoms with Crippen LogP contribution in [0.3, 0.4) is 0 Å². The maximum absolute atomic E-state index is 13.4. The molecule has 8 heteroatoms. The quantitative estimate of drug-likeness (QED) is 0.663. The monoisotopic (exact) mass is 408 g/mol. The molecule has 3 aromatic rings. The third-order valence-corrected chi connectivity index (χ3v) is 6.42. The Kier molecular flexibility index (Phi) is 4.64. The molecule has 30 heavy (non-hydrogen) atoms. The van der Waals surface area contributed by atoms with Gasteiger partial charge in [0, 0.05) is 44.4 Å². The minimum Gasteiger partial charge on any atom is -0.354 e. The van der Waals surface area contributed by atoms with Crippen LogP contribution in [0.5, 0.6) is 0 Å². The van der Waals surface area contributed by atoms with Crippen LogP contribution in [0.15, 0.2) is 30.3 Å². The van der Waals surface area contributed by atoms with E-state index >= 15 is 0 Å². The molecule has 7 nitrogen and oxygen atoms in total. The third-order valence-electron chi connectivity index (χ3n) is 6.42. The van der Waals surface area contributed by atoms with Crippen molar-refractivity contribution >= 4 is 17.4 Å². The number of anilines is 1. The Hall–Kier alpha value is -3.03. The normalized spacial score (nSPS) is 20.9. The second kappa shape index (κ2) is 7.34. The molecule has 2 atom stereocenters.